The fourth-order valence-corrected chi connectivity index (χ4v) is 3.33. The normalized spacial score (nSPS) is 29.5. The van der Waals surface area contributed by atoms with E-state index in [0.29, 0.717) is 26.1 Å². The molecule has 2 aliphatic heterocycles. The zero-order chi connectivity index (χ0) is 20.3. The van der Waals surface area contributed by atoms with Crippen molar-refractivity contribution in [2.75, 3.05) is 26.9 Å². The van der Waals surface area contributed by atoms with Crippen LogP contribution in [0.3, 0.4) is 0 Å². The number of aliphatic hydroxyl groups excluding tert-OH is 1. The Kier molecular flexibility index (Phi) is 6.30. The molecular weight excluding hydrogens is 376 g/mol. The maximum Gasteiger partial charge on any atom is 0.330 e. The number of nitrogens with one attached hydrogen (secondary N) is 1. The summed E-state index contributed by atoms with van der Waals surface area (Å²) in [7, 11) is 1.49. The van der Waals surface area contributed by atoms with Crippen molar-refractivity contribution in [1.82, 2.24) is 9.55 Å². The number of ether oxygens (including phenoxy) is 5. The second-order valence-electron chi connectivity index (χ2n) is 6.69. The molecule has 156 valence electrons. The van der Waals surface area contributed by atoms with Crippen LogP contribution in [0.15, 0.2) is 21.9 Å². The maximum atomic E-state index is 12.2. The highest BCUT2D eigenvalue weighted by molar-refractivity contribution is 5.65. The van der Waals surface area contributed by atoms with E-state index >= 15 is 0 Å². The lowest BCUT2D eigenvalue weighted by atomic mass is 10.1. The lowest BCUT2D eigenvalue weighted by Gasteiger charge is -2.39. The van der Waals surface area contributed by atoms with E-state index in [4.69, 9.17) is 23.7 Å². The summed E-state index contributed by atoms with van der Waals surface area (Å²) in [4.78, 5) is 36.9. The third-order valence-electron chi connectivity index (χ3n) is 4.87. The molecule has 0 amide bonds. The highest BCUT2D eigenvalue weighted by Gasteiger charge is 2.50. The molecule has 0 unspecified atom stereocenters. The predicted octanol–water partition coefficient (Wildman–Crippen LogP) is -1.10. The van der Waals surface area contributed by atoms with E-state index in [1.165, 1.54) is 20.2 Å². The minimum absolute atomic E-state index is 0.214. The molecule has 11 heteroatoms. The minimum atomic E-state index is -1.21. The van der Waals surface area contributed by atoms with Gasteiger partial charge >= 0.3 is 11.7 Å². The summed E-state index contributed by atoms with van der Waals surface area (Å²) < 4.78 is 28.9. The number of nitrogens with zero attached hydrogens (tertiary/aromatic N) is 1. The fraction of sp³-hybridized carbons (Fsp3) is 0.706. The number of carbonyl (C=O) groups excluding carboxylic acids is 1. The van der Waals surface area contributed by atoms with Crippen LogP contribution in [0.4, 0.5) is 0 Å². The number of hydrogen-bond donors (Lipinski definition) is 2. The third kappa shape index (κ3) is 4.33. The van der Waals surface area contributed by atoms with Gasteiger partial charge in [-0.2, -0.15) is 0 Å². The van der Waals surface area contributed by atoms with E-state index in [-0.39, 0.29) is 6.61 Å². The van der Waals surface area contributed by atoms with Crippen LogP contribution in [0.1, 0.15) is 26.0 Å². The Bertz CT molecular complexity index is 798. The molecule has 11 nitrogen and oxygen atoms in total. The van der Waals surface area contributed by atoms with Gasteiger partial charge in [0, 0.05) is 39.1 Å². The van der Waals surface area contributed by atoms with Crippen molar-refractivity contribution in [2.24, 2.45) is 0 Å². The second-order valence-corrected chi connectivity index (χ2v) is 6.69. The van der Waals surface area contributed by atoms with Crippen LogP contribution in [-0.4, -0.2) is 71.7 Å². The first kappa shape index (κ1) is 20.7. The molecule has 2 aliphatic rings. The Morgan fingerprint density at radius 1 is 1.39 bits per heavy atom. The molecule has 1 aromatic heterocycles. The number of hydrogen-bond acceptors (Lipinski definition) is 9. The molecule has 0 spiro atoms. The van der Waals surface area contributed by atoms with Crippen molar-refractivity contribution in [1.29, 1.82) is 0 Å². The molecule has 0 aromatic carbocycles. The van der Waals surface area contributed by atoms with Gasteiger partial charge in [0.25, 0.3) is 5.56 Å². The van der Waals surface area contributed by atoms with Crippen molar-refractivity contribution in [3.63, 3.8) is 0 Å². The predicted molar refractivity (Wildman–Crippen MR) is 92.5 cm³/mol. The lowest BCUT2D eigenvalue weighted by Crippen LogP contribution is -2.49. The number of esters is 1. The largest absolute Gasteiger partial charge is 0.463 e. The van der Waals surface area contributed by atoms with Gasteiger partial charge in [-0.1, -0.05) is 0 Å². The van der Waals surface area contributed by atoms with Gasteiger partial charge in [0.1, 0.15) is 24.9 Å². The standard InChI is InChI=1S/C17H24N2O9/c1-10(20)26-9-11-13(22)14(28-17(24-2)4-7-25-8-5-17)15(27-11)19-6-3-12(21)18-16(19)23/h3,6,11,13-15,22H,4-5,7-9H2,1-2H3,(H,18,21,23)/t11-,13-,14-,15-/m1/s1. The molecule has 3 rings (SSSR count). The van der Waals surface area contributed by atoms with Crippen molar-refractivity contribution < 1.29 is 33.6 Å². The van der Waals surface area contributed by atoms with E-state index < -0.39 is 47.5 Å². The zero-order valence-electron chi connectivity index (χ0n) is 15.7. The summed E-state index contributed by atoms with van der Waals surface area (Å²) >= 11 is 0. The van der Waals surface area contributed by atoms with Crippen LogP contribution in [0.5, 0.6) is 0 Å². The molecule has 0 aliphatic carbocycles. The Morgan fingerprint density at radius 3 is 2.71 bits per heavy atom. The van der Waals surface area contributed by atoms with Crippen LogP contribution in [-0.2, 0) is 28.5 Å². The first-order valence-corrected chi connectivity index (χ1v) is 8.94. The van der Waals surface area contributed by atoms with Gasteiger partial charge in [0.15, 0.2) is 12.0 Å². The number of carbonyl (C=O) groups is 1. The zero-order valence-corrected chi connectivity index (χ0v) is 15.7. The number of aromatic nitrogens is 2. The SMILES string of the molecule is COC1(O[C@@H]2[C@H](O)[C@@H](COC(C)=O)O[C@H]2n2ccc(=O)[nH]c2=O)CCOCC1. The van der Waals surface area contributed by atoms with Crippen LogP contribution in [0.25, 0.3) is 0 Å². The molecule has 4 atom stereocenters. The molecule has 0 bridgehead atoms. The Labute approximate surface area is 160 Å². The Balaban J connectivity index is 1.90. The van der Waals surface area contributed by atoms with Crippen LogP contribution < -0.4 is 11.2 Å². The molecule has 2 N–H and O–H groups in total. The molecule has 28 heavy (non-hydrogen) atoms. The summed E-state index contributed by atoms with van der Waals surface area (Å²) in [6.45, 7) is 1.85. The molecular formula is C17H24N2O9. The summed E-state index contributed by atoms with van der Waals surface area (Å²) in [5, 5.41) is 10.8. The van der Waals surface area contributed by atoms with Crippen LogP contribution in [0, 0.1) is 0 Å². The number of aromatic amines is 1. The topological polar surface area (TPSA) is 138 Å². The number of aliphatic hydroxyl groups is 1. The minimum Gasteiger partial charge on any atom is -0.463 e. The monoisotopic (exact) mass is 400 g/mol. The first-order chi connectivity index (χ1) is 13.3. The van der Waals surface area contributed by atoms with Gasteiger partial charge < -0.3 is 28.8 Å². The summed E-state index contributed by atoms with van der Waals surface area (Å²) in [5.74, 6) is -1.55. The quantitative estimate of drug-likeness (QED) is 0.450. The molecule has 2 fully saturated rings. The summed E-state index contributed by atoms with van der Waals surface area (Å²) in [6, 6.07) is 1.16. The molecule has 3 heterocycles. The van der Waals surface area contributed by atoms with E-state index in [1.54, 1.807) is 0 Å². The molecule has 2 saturated heterocycles. The van der Waals surface area contributed by atoms with E-state index in [2.05, 4.69) is 4.98 Å². The van der Waals surface area contributed by atoms with E-state index in [0.717, 1.165) is 10.6 Å². The number of methoxy groups -OCH3 is 1. The Morgan fingerprint density at radius 2 is 2.11 bits per heavy atom. The van der Waals surface area contributed by atoms with E-state index in [1.807, 2.05) is 0 Å². The fourth-order valence-electron chi connectivity index (χ4n) is 3.33. The third-order valence-corrected chi connectivity index (χ3v) is 4.87. The molecule has 0 saturated carbocycles. The highest BCUT2D eigenvalue weighted by Crippen LogP contribution is 2.37. The lowest BCUT2D eigenvalue weighted by molar-refractivity contribution is -0.293. The van der Waals surface area contributed by atoms with Gasteiger partial charge in [-0.05, 0) is 0 Å². The highest BCUT2D eigenvalue weighted by atomic mass is 16.7. The average Bonchev–Trinajstić information content (AvgIpc) is 2.96. The van der Waals surface area contributed by atoms with Gasteiger partial charge in [-0.15, -0.1) is 0 Å². The first-order valence-electron chi connectivity index (χ1n) is 8.94. The second kappa shape index (κ2) is 8.53. The average molecular weight is 400 g/mol. The van der Waals surface area contributed by atoms with E-state index in [9.17, 15) is 19.5 Å². The van der Waals surface area contributed by atoms with Gasteiger partial charge in [-0.25, -0.2) is 4.79 Å². The molecule has 1 aromatic rings. The molecule has 0 radical (unpaired) electrons. The maximum absolute atomic E-state index is 12.2. The Hall–Kier alpha value is -2.05. The van der Waals surface area contributed by atoms with Gasteiger partial charge in [0.2, 0.25) is 0 Å². The van der Waals surface area contributed by atoms with Gasteiger partial charge in [0.05, 0.1) is 13.2 Å². The van der Waals surface area contributed by atoms with Crippen LogP contribution in [0.2, 0.25) is 0 Å². The number of H-pyrrole nitrogens is 1. The van der Waals surface area contributed by atoms with Crippen molar-refractivity contribution in [3.05, 3.63) is 33.1 Å². The smallest absolute Gasteiger partial charge is 0.330 e. The van der Waals surface area contributed by atoms with Crippen LogP contribution >= 0.6 is 0 Å². The summed E-state index contributed by atoms with van der Waals surface area (Å²) in [5.41, 5.74) is -1.28. The number of rotatable bonds is 6. The van der Waals surface area contributed by atoms with Gasteiger partial charge in [-0.3, -0.25) is 19.1 Å². The summed E-state index contributed by atoms with van der Waals surface area (Å²) in [6.07, 6.45) is -2.10. The van der Waals surface area contributed by atoms with Crippen molar-refractivity contribution in [2.45, 2.75) is 50.1 Å². The van der Waals surface area contributed by atoms with Crippen molar-refractivity contribution in [3.8, 4) is 0 Å². The van der Waals surface area contributed by atoms with Crippen molar-refractivity contribution >= 4 is 5.97 Å².